The van der Waals surface area contributed by atoms with Crippen molar-refractivity contribution in [1.29, 1.82) is 0 Å². The summed E-state index contributed by atoms with van der Waals surface area (Å²) >= 11 is 3.23. The fraction of sp³-hybridized carbons (Fsp3) is 0.357. The summed E-state index contributed by atoms with van der Waals surface area (Å²) in [6, 6.07) is 7.07. The van der Waals surface area contributed by atoms with E-state index in [2.05, 4.69) is 33.3 Å². The highest BCUT2D eigenvalue weighted by atomic mass is 79.9. The van der Waals surface area contributed by atoms with Crippen molar-refractivity contribution in [3.63, 3.8) is 0 Å². The van der Waals surface area contributed by atoms with Crippen LogP contribution in [0.4, 0.5) is 4.39 Å². The summed E-state index contributed by atoms with van der Waals surface area (Å²) in [6.45, 7) is 2.93. The highest BCUT2D eigenvalue weighted by Crippen LogP contribution is 2.28. The lowest BCUT2D eigenvalue weighted by molar-refractivity contribution is 0.514. The molecule has 19 heavy (non-hydrogen) atoms. The Morgan fingerprint density at radius 2 is 2.21 bits per heavy atom. The van der Waals surface area contributed by atoms with Crippen LogP contribution in [0.25, 0.3) is 0 Å². The van der Waals surface area contributed by atoms with E-state index in [-0.39, 0.29) is 11.9 Å². The van der Waals surface area contributed by atoms with Gasteiger partial charge in [0, 0.05) is 18.3 Å². The molecule has 5 heteroatoms. The smallest absolute Gasteiger partial charge is 0.142 e. The van der Waals surface area contributed by atoms with E-state index in [9.17, 15) is 4.39 Å². The third-order valence-electron chi connectivity index (χ3n) is 3.06. The van der Waals surface area contributed by atoms with Crippen LogP contribution >= 0.6 is 15.9 Å². The molecule has 0 saturated carbocycles. The van der Waals surface area contributed by atoms with Crippen molar-refractivity contribution in [3.05, 3.63) is 52.0 Å². The van der Waals surface area contributed by atoms with E-state index < -0.39 is 0 Å². The summed E-state index contributed by atoms with van der Waals surface area (Å²) < 4.78 is 16.6. The molecule has 0 aliphatic rings. The van der Waals surface area contributed by atoms with E-state index in [1.807, 2.05) is 23.9 Å². The van der Waals surface area contributed by atoms with E-state index in [0.29, 0.717) is 10.0 Å². The Morgan fingerprint density at radius 1 is 1.42 bits per heavy atom. The van der Waals surface area contributed by atoms with E-state index in [0.717, 1.165) is 18.7 Å². The van der Waals surface area contributed by atoms with Gasteiger partial charge in [0.05, 0.1) is 16.2 Å². The maximum Gasteiger partial charge on any atom is 0.142 e. The van der Waals surface area contributed by atoms with Crippen LogP contribution in [0.15, 0.2) is 34.9 Å². The summed E-state index contributed by atoms with van der Waals surface area (Å²) in [7, 11) is 1.83. The van der Waals surface area contributed by atoms with Crippen LogP contribution in [0.3, 0.4) is 0 Å². The van der Waals surface area contributed by atoms with Gasteiger partial charge in [0.25, 0.3) is 0 Å². The maximum atomic E-state index is 14.2. The zero-order valence-electron chi connectivity index (χ0n) is 11.0. The molecule has 2 rings (SSSR count). The van der Waals surface area contributed by atoms with Gasteiger partial charge >= 0.3 is 0 Å². The highest BCUT2D eigenvalue weighted by molar-refractivity contribution is 9.10. The third kappa shape index (κ3) is 2.87. The molecule has 0 radical (unpaired) electrons. The lowest BCUT2D eigenvalue weighted by atomic mass is 10.0. The standard InChI is InChI=1S/C14H17BrFN3/c1-3-9-19-12(7-8-18-19)14(17-2)10-5-4-6-11(15)13(10)16/h4-8,14,17H,3,9H2,1-2H3. The largest absolute Gasteiger partial charge is 0.308 e. The van der Waals surface area contributed by atoms with Crippen LogP contribution in [-0.4, -0.2) is 16.8 Å². The molecule has 0 spiro atoms. The average Bonchev–Trinajstić information content (AvgIpc) is 2.84. The number of rotatable bonds is 5. The topological polar surface area (TPSA) is 29.9 Å². The zero-order chi connectivity index (χ0) is 13.8. The van der Waals surface area contributed by atoms with Crippen molar-refractivity contribution in [2.75, 3.05) is 7.05 Å². The number of aromatic nitrogens is 2. The third-order valence-corrected chi connectivity index (χ3v) is 3.67. The highest BCUT2D eigenvalue weighted by Gasteiger charge is 2.20. The monoisotopic (exact) mass is 325 g/mol. The summed E-state index contributed by atoms with van der Waals surface area (Å²) in [5.41, 5.74) is 1.59. The second-order valence-corrected chi connectivity index (χ2v) is 5.20. The second-order valence-electron chi connectivity index (χ2n) is 4.34. The number of benzene rings is 1. The average molecular weight is 326 g/mol. The minimum Gasteiger partial charge on any atom is -0.308 e. The van der Waals surface area contributed by atoms with Crippen molar-refractivity contribution < 1.29 is 4.39 Å². The van der Waals surface area contributed by atoms with E-state index in [1.54, 1.807) is 18.3 Å². The van der Waals surface area contributed by atoms with Crippen molar-refractivity contribution >= 4 is 15.9 Å². The van der Waals surface area contributed by atoms with Gasteiger partial charge in [-0.2, -0.15) is 5.10 Å². The molecule has 3 nitrogen and oxygen atoms in total. The van der Waals surface area contributed by atoms with Gasteiger partial charge in [-0.15, -0.1) is 0 Å². The Kier molecular flexibility index (Phi) is 4.71. The van der Waals surface area contributed by atoms with Gasteiger partial charge in [0.2, 0.25) is 0 Å². The molecular weight excluding hydrogens is 309 g/mol. The number of halogens is 2. The quantitative estimate of drug-likeness (QED) is 0.911. The number of hydrogen-bond donors (Lipinski definition) is 1. The summed E-state index contributed by atoms with van der Waals surface area (Å²) in [6.07, 6.45) is 2.75. The van der Waals surface area contributed by atoms with Gasteiger partial charge in [-0.25, -0.2) is 4.39 Å². The van der Waals surface area contributed by atoms with Crippen molar-refractivity contribution in [3.8, 4) is 0 Å². The Hall–Kier alpha value is -1.20. The fourth-order valence-corrected chi connectivity index (χ4v) is 2.57. The van der Waals surface area contributed by atoms with Gasteiger partial charge in [0.1, 0.15) is 5.82 Å². The minimum atomic E-state index is -0.230. The molecule has 0 bridgehead atoms. The van der Waals surface area contributed by atoms with Gasteiger partial charge in [0.15, 0.2) is 0 Å². The summed E-state index contributed by atoms with van der Waals surface area (Å²) in [5, 5.41) is 7.46. The molecule has 2 aromatic rings. The normalized spacial score (nSPS) is 12.6. The Bertz CT molecular complexity index is 553. The van der Waals surface area contributed by atoms with Gasteiger partial charge in [-0.05, 0) is 41.5 Å². The molecule has 0 aliphatic carbocycles. The van der Waals surface area contributed by atoms with Crippen LogP contribution < -0.4 is 5.32 Å². The maximum absolute atomic E-state index is 14.2. The molecule has 1 N–H and O–H groups in total. The number of hydrogen-bond acceptors (Lipinski definition) is 2. The molecule has 1 aromatic carbocycles. The molecule has 1 unspecified atom stereocenters. The molecular formula is C14H17BrFN3. The Balaban J connectivity index is 2.44. The lowest BCUT2D eigenvalue weighted by Crippen LogP contribution is -2.22. The zero-order valence-corrected chi connectivity index (χ0v) is 12.6. The first-order valence-corrected chi connectivity index (χ1v) is 7.11. The molecule has 0 aliphatic heterocycles. The molecule has 102 valence electrons. The lowest BCUT2D eigenvalue weighted by Gasteiger charge is -2.19. The summed E-state index contributed by atoms with van der Waals surface area (Å²) in [5.74, 6) is -0.230. The molecule has 0 amide bonds. The van der Waals surface area contributed by atoms with Crippen molar-refractivity contribution in [2.45, 2.75) is 25.9 Å². The van der Waals surface area contributed by atoms with E-state index >= 15 is 0 Å². The van der Waals surface area contributed by atoms with Gasteiger partial charge in [-0.3, -0.25) is 4.68 Å². The molecule has 0 saturated heterocycles. The Morgan fingerprint density at radius 3 is 2.89 bits per heavy atom. The first-order valence-electron chi connectivity index (χ1n) is 6.32. The molecule has 1 atom stereocenters. The predicted molar refractivity (Wildman–Crippen MR) is 77.5 cm³/mol. The first-order chi connectivity index (χ1) is 9.19. The van der Waals surface area contributed by atoms with Crippen LogP contribution in [0, 0.1) is 5.82 Å². The van der Waals surface area contributed by atoms with Crippen LogP contribution in [0.2, 0.25) is 0 Å². The number of nitrogens with zero attached hydrogens (tertiary/aromatic N) is 2. The Labute approximate surface area is 121 Å². The van der Waals surface area contributed by atoms with Crippen LogP contribution in [0.1, 0.15) is 30.6 Å². The van der Waals surface area contributed by atoms with E-state index in [4.69, 9.17) is 0 Å². The molecule has 1 heterocycles. The predicted octanol–water partition coefficient (Wildman–Crippen LogP) is 3.50. The molecule has 0 fully saturated rings. The van der Waals surface area contributed by atoms with Crippen LogP contribution in [-0.2, 0) is 6.54 Å². The van der Waals surface area contributed by atoms with Crippen LogP contribution in [0.5, 0.6) is 0 Å². The van der Waals surface area contributed by atoms with E-state index in [1.165, 1.54) is 0 Å². The number of nitrogens with one attached hydrogen (secondary N) is 1. The van der Waals surface area contributed by atoms with Crippen molar-refractivity contribution in [2.24, 2.45) is 0 Å². The van der Waals surface area contributed by atoms with Gasteiger partial charge < -0.3 is 5.32 Å². The molecule has 1 aromatic heterocycles. The number of aryl methyl sites for hydroxylation is 1. The minimum absolute atomic E-state index is 0.202. The SMILES string of the molecule is CCCn1nccc1C(NC)c1cccc(Br)c1F. The first kappa shape index (κ1) is 14.2. The summed E-state index contributed by atoms with van der Waals surface area (Å²) in [4.78, 5) is 0. The fourth-order valence-electron chi connectivity index (χ4n) is 2.19. The van der Waals surface area contributed by atoms with Gasteiger partial charge in [-0.1, -0.05) is 19.1 Å². The second kappa shape index (κ2) is 6.30. The van der Waals surface area contributed by atoms with Crippen molar-refractivity contribution in [1.82, 2.24) is 15.1 Å².